The van der Waals surface area contributed by atoms with Crippen LogP contribution in [0.3, 0.4) is 0 Å². The third-order valence-corrected chi connectivity index (χ3v) is 3.76. The van der Waals surface area contributed by atoms with Gasteiger partial charge in [0.25, 0.3) is 10.1 Å². The van der Waals surface area contributed by atoms with Gasteiger partial charge in [0.1, 0.15) is 5.69 Å². The Bertz CT molecular complexity index is 883. The molecule has 0 spiro atoms. The number of benzene rings is 2. The van der Waals surface area contributed by atoms with Crippen molar-refractivity contribution in [2.75, 3.05) is 0 Å². The van der Waals surface area contributed by atoms with Crippen molar-refractivity contribution in [3.8, 4) is 16.9 Å². The Morgan fingerprint density at radius 1 is 0.957 bits per heavy atom. The maximum atomic E-state index is 11.1. The van der Waals surface area contributed by atoms with Crippen LogP contribution in [0, 0.1) is 0 Å². The van der Waals surface area contributed by atoms with Gasteiger partial charge in [-0.3, -0.25) is 4.55 Å². The molecule has 23 heavy (non-hydrogen) atoms. The molecular weight excluding hydrogens is 368 g/mol. The molecule has 1 aromatic heterocycles. The van der Waals surface area contributed by atoms with Crippen molar-refractivity contribution >= 4 is 113 Å². The van der Waals surface area contributed by atoms with Crippen molar-refractivity contribution in [3.63, 3.8) is 0 Å². The number of hydrogen-bond donors (Lipinski definition) is 1. The van der Waals surface area contributed by atoms with Crippen molar-refractivity contribution in [2.24, 2.45) is 0 Å². The summed E-state index contributed by atoms with van der Waals surface area (Å²) in [6, 6.07) is 15.3. The molecule has 1 heterocycles. The molecule has 0 atom stereocenters. The minimum atomic E-state index is -4.25. The van der Waals surface area contributed by atoms with Crippen molar-refractivity contribution in [2.45, 2.75) is 4.90 Å². The van der Waals surface area contributed by atoms with Crippen molar-refractivity contribution in [1.29, 1.82) is 0 Å². The Morgan fingerprint density at radius 2 is 1.65 bits per heavy atom. The van der Waals surface area contributed by atoms with Crippen LogP contribution in [0.4, 0.5) is 0 Å². The second-order valence-corrected chi connectivity index (χ2v) is 5.78. The van der Waals surface area contributed by atoms with Gasteiger partial charge in [-0.25, -0.2) is 0 Å². The standard InChI is InChI=1S/C14H11N3O3S.2K.2H/c18-21(19,20)13-8-4-7-12(9-13)17-15-10-14(16-17)11-5-2-1-3-6-11;;;;/h1-10H,(H,18,19,20);;;;. The number of nitrogens with zero attached hydrogens (tertiary/aromatic N) is 3. The van der Waals surface area contributed by atoms with Crippen LogP contribution >= 0.6 is 0 Å². The second-order valence-electron chi connectivity index (χ2n) is 4.36. The van der Waals surface area contributed by atoms with Gasteiger partial charge < -0.3 is 0 Å². The molecule has 110 valence electrons. The van der Waals surface area contributed by atoms with Crippen LogP contribution in [0.1, 0.15) is 0 Å². The molecule has 0 saturated heterocycles. The molecule has 0 unspecified atom stereocenters. The van der Waals surface area contributed by atoms with E-state index in [1.54, 1.807) is 12.3 Å². The fourth-order valence-electron chi connectivity index (χ4n) is 1.90. The molecule has 0 fully saturated rings. The van der Waals surface area contributed by atoms with Gasteiger partial charge >= 0.3 is 103 Å². The summed E-state index contributed by atoms with van der Waals surface area (Å²) >= 11 is 0. The van der Waals surface area contributed by atoms with Crippen LogP contribution in [0.25, 0.3) is 16.9 Å². The van der Waals surface area contributed by atoms with Crippen molar-refractivity contribution in [3.05, 3.63) is 60.8 Å². The summed E-state index contributed by atoms with van der Waals surface area (Å²) in [6.07, 6.45) is 1.59. The molecule has 0 aliphatic heterocycles. The van der Waals surface area contributed by atoms with Crippen LogP contribution in [0.15, 0.2) is 65.7 Å². The van der Waals surface area contributed by atoms with E-state index in [2.05, 4.69) is 10.2 Å². The normalized spacial score (nSPS) is 10.5. The SMILES string of the molecule is O=S(=O)(O)c1cccc(-n2ncc(-c3ccccc3)n2)c1.[KH].[KH]. The first kappa shape index (κ1) is 21.8. The number of aromatic nitrogens is 3. The quantitative estimate of drug-likeness (QED) is 0.538. The molecule has 2 aromatic carbocycles. The first-order valence-corrected chi connectivity index (χ1v) is 7.54. The number of hydrogen-bond acceptors (Lipinski definition) is 4. The fraction of sp³-hybridized carbons (Fsp3) is 0. The van der Waals surface area contributed by atoms with Crippen LogP contribution in [0.5, 0.6) is 0 Å². The second kappa shape index (κ2) is 9.46. The minimum absolute atomic E-state index is 0. The van der Waals surface area contributed by atoms with Crippen molar-refractivity contribution < 1.29 is 13.0 Å². The van der Waals surface area contributed by atoms with Gasteiger partial charge in [0.05, 0.1) is 16.8 Å². The molecule has 0 radical (unpaired) electrons. The first-order chi connectivity index (χ1) is 10.0. The van der Waals surface area contributed by atoms with E-state index in [0.29, 0.717) is 11.4 Å². The summed E-state index contributed by atoms with van der Waals surface area (Å²) in [5.41, 5.74) is 2.04. The summed E-state index contributed by atoms with van der Waals surface area (Å²) < 4.78 is 31.4. The monoisotopic (exact) mass is 381 g/mol. The molecule has 3 rings (SSSR count). The van der Waals surface area contributed by atoms with E-state index in [1.165, 1.54) is 23.0 Å². The molecule has 0 amide bonds. The molecule has 0 saturated carbocycles. The van der Waals surface area contributed by atoms with Gasteiger partial charge in [-0.15, -0.1) is 5.10 Å². The summed E-state index contributed by atoms with van der Waals surface area (Å²) in [4.78, 5) is 1.12. The summed E-state index contributed by atoms with van der Waals surface area (Å²) in [5.74, 6) is 0. The molecule has 0 bridgehead atoms. The van der Waals surface area contributed by atoms with E-state index in [9.17, 15) is 8.42 Å². The van der Waals surface area contributed by atoms with E-state index in [1.807, 2.05) is 30.3 Å². The maximum absolute atomic E-state index is 11.1. The zero-order valence-corrected chi connectivity index (χ0v) is 11.6. The first-order valence-electron chi connectivity index (χ1n) is 6.10. The van der Waals surface area contributed by atoms with E-state index in [0.717, 1.165) is 5.56 Å². The zero-order chi connectivity index (χ0) is 14.9. The molecule has 6 nitrogen and oxygen atoms in total. The predicted molar refractivity (Wildman–Crippen MR) is 90.9 cm³/mol. The Labute approximate surface area is 219 Å². The average molecular weight is 382 g/mol. The number of rotatable bonds is 3. The topological polar surface area (TPSA) is 85.1 Å². The van der Waals surface area contributed by atoms with E-state index >= 15 is 0 Å². The molecule has 3 aromatic rings. The summed E-state index contributed by atoms with van der Waals surface area (Å²) in [7, 11) is -4.25. The Balaban J connectivity index is 0.00000132. The van der Waals surface area contributed by atoms with E-state index in [-0.39, 0.29) is 108 Å². The van der Waals surface area contributed by atoms with Crippen molar-refractivity contribution in [1.82, 2.24) is 15.0 Å². The predicted octanol–water partition coefficient (Wildman–Crippen LogP) is 0.884. The molecule has 1 N–H and O–H groups in total. The third-order valence-electron chi connectivity index (χ3n) is 2.91. The molecule has 0 aliphatic carbocycles. The molecule has 9 heteroatoms. The van der Waals surface area contributed by atoms with Crippen LogP contribution in [0.2, 0.25) is 0 Å². The zero-order valence-electron chi connectivity index (χ0n) is 10.8. The average Bonchev–Trinajstić information content (AvgIpc) is 2.97. The Kier molecular flexibility index (Phi) is 8.97. The Morgan fingerprint density at radius 3 is 2.30 bits per heavy atom. The molecule has 0 aliphatic rings. The van der Waals surface area contributed by atoms with Gasteiger partial charge in [0.2, 0.25) is 0 Å². The van der Waals surface area contributed by atoms with Gasteiger partial charge in [-0.05, 0) is 18.2 Å². The van der Waals surface area contributed by atoms with Gasteiger partial charge in [0.15, 0.2) is 0 Å². The summed E-state index contributed by atoms with van der Waals surface area (Å²) in [6.45, 7) is 0. The molecular formula is C14H13K2N3O3S. The van der Waals surface area contributed by atoms with Gasteiger partial charge in [-0.1, -0.05) is 36.4 Å². The fourth-order valence-corrected chi connectivity index (χ4v) is 2.42. The van der Waals surface area contributed by atoms with Gasteiger partial charge in [-0.2, -0.15) is 18.3 Å². The van der Waals surface area contributed by atoms with E-state index in [4.69, 9.17) is 4.55 Å². The van der Waals surface area contributed by atoms with Crippen LogP contribution < -0.4 is 0 Å². The van der Waals surface area contributed by atoms with Crippen LogP contribution in [-0.2, 0) is 10.1 Å². The summed E-state index contributed by atoms with van der Waals surface area (Å²) in [5, 5.41) is 8.42. The van der Waals surface area contributed by atoms with Crippen LogP contribution in [-0.4, -0.2) is 131 Å². The third kappa shape index (κ3) is 5.63. The van der Waals surface area contributed by atoms with Gasteiger partial charge in [0, 0.05) is 5.56 Å². The van der Waals surface area contributed by atoms with E-state index < -0.39 is 10.1 Å². The Hall–Kier alpha value is 0.763.